The summed E-state index contributed by atoms with van der Waals surface area (Å²) >= 11 is 0.149. The van der Waals surface area contributed by atoms with Gasteiger partial charge in [-0.05, 0) is 6.92 Å². The van der Waals surface area contributed by atoms with E-state index < -0.39 is 29.9 Å². The van der Waals surface area contributed by atoms with Crippen LogP contribution in [0, 0.1) is 0 Å². The van der Waals surface area contributed by atoms with Crippen LogP contribution in [0.15, 0.2) is 0 Å². The van der Waals surface area contributed by atoms with Gasteiger partial charge in [0.05, 0.1) is 6.42 Å². The van der Waals surface area contributed by atoms with Crippen LogP contribution in [0.5, 0.6) is 0 Å². The Bertz CT molecular complexity index is 307. The number of Topliss-reactive ketones (excluding diaryl/α,β-unsaturated/α-hetero) is 2. The molecular weight excluding hydrogens is 379 g/mol. The zero-order valence-corrected chi connectivity index (χ0v) is 16.3. The molecule has 0 aromatic rings. The number of ether oxygens (including phenoxy) is 1. The molecule has 0 saturated carbocycles. The number of unbranched alkanes of at least 4 members (excludes halogenated alkanes) is 2. The molecule has 0 aliphatic rings. The van der Waals surface area contributed by atoms with Crippen molar-refractivity contribution in [1.29, 1.82) is 0 Å². The Morgan fingerprint density at radius 3 is 1.71 bits per heavy atom. The first kappa shape index (κ1) is 22.6. The van der Waals surface area contributed by atoms with Crippen molar-refractivity contribution >= 4 is 44.6 Å². The normalized spacial score (nSPS) is 9.33. The first-order valence-corrected chi connectivity index (χ1v) is 11.3. The van der Waals surface area contributed by atoms with Crippen molar-refractivity contribution < 1.29 is 23.9 Å². The Morgan fingerprint density at radius 2 is 1.38 bits per heavy atom. The van der Waals surface area contributed by atoms with Gasteiger partial charge in [0.1, 0.15) is 5.78 Å². The predicted octanol–water partition coefficient (Wildman–Crippen LogP) is 2.75. The summed E-state index contributed by atoms with van der Waals surface area (Å²) in [7, 11) is 0. The van der Waals surface area contributed by atoms with Gasteiger partial charge in [0.15, 0.2) is 0 Å². The van der Waals surface area contributed by atoms with Gasteiger partial charge in [-0.1, -0.05) is 0 Å². The molecule has 0 rings (SSSR count). The molecule has 0 aromatic carbocycles. The van der Waals surface area contributed by atoms with Crippen molar-refractivity contribution in [2.75, 3.05) is 0 Å². The number of hydrogen-bond acceptors (Lipinski definition) is 5. The molecule has 0 aliphatic carbocycles. The molecule has 0 atom stereocenters. The van der Waals surface area contributed by atoms with Gasteiger partial charge in [0, 0.05) is 6.92 Å². The van der Waals surface area contributed by atoms with Crippen LogP contribution in [0.25, 0.3) is 0 Å². The molecule has 2 radical (unpaired) electrons. The fourth-order valence-electron chi connectivity index (χ4n) is 1.21. The van der Waals surface area contributed by atoms with Crippen molar-refractivity contribution in [3.63, 3.8) is 0 Å². The second-order valence-electron chi connectivity index (χ2n) is 4.64. The fraction of sp³-hybridized carbons (Fsp3) is 0.733. The van der Waals surface area contributed by atoms with Crippen LogP contribution in [-0.4, -0.2) is 44.6 Å². The second-order valence-corrected chi connectivity index (χ2v) is 8.92. The van der Waals surface area contributed by atoms with Gasteiger partial charge in [-0.3, -0.25) is 14.4 Å². The van der Waals surface area contributed by atoms with Crippen LogP contribution >= 0.6 is 0 Å². The molecule has 0 aliphatic heterocycles. The Labute approximate surface area is 137 Å². The van der Waals surface area contributed by atoms with E-state index in [0.717, 1.165) is 6.92 Å². The molecule has 5 nitrogen and oxygen atoms in total. The third kappa shape index (κ3) is 19.3. The van der Waals surface area contributed by atoms with Gasteiger partial charge >= 0.3 is 81.5 Å². The number of rotatable bonds is 9. The average Bonchev–Trinajstić information content (AvgIpc) is 2.38. The van der Waals surface area contributed by atoms with E-state index in [-0.39, 0.29) is 21.1 Å². The van der Waals surface area contributed by atoms with Crippen LogP contribution < -0.4 is 0 Å². The molecule has 0 saturated heterocycles. The van der Waals surface area contributed by atoms with Crippen LogP contribution in [0.3, 0.4) is 0 Å². The summed E-state index contributed by atoms with van der Waals surface area (Å²) in [5.74, 6) is -3.59. The van der Waals surface area contributed by atoms with E-state index in [2.05, 4.69) is 18.6 Å². The summed E-state index contributed by atoms with van der Waals surface area (Å²) in [6.07, 6.45) is 5.32. The molecule has 0 aromatic heterocycles. The molecule has 0 bridgehead atoms. The fourth-order valence-corrected chi connectivity index (χ4v) is 5.37. The Balaban J connectivity index is 0. The van der Waals surface area contributed by atoms with Gasteiger partial charge in [-0.25, -0.2) is 4.79 Å². The minimum atomic E-state index is -1.28. The quantitative estimate of drug-likeness (QED) is 0.194. The topological polar surface area (TPSA) is 77.5 Å². The zero-order valence-electron chi connectivity index (χ0n) is 13.5. The number of carbonyl (C=O) groups excluding carboxylic acids is 4. The number of carbonyl (C=O) groups is 4. The molecule has 0 spiro atoms. The van der Waals surface area contributed by atoms with E-state index in [4.69, 9.17) is 0 Å². The predicted molar refractivity (Wildman–Crippen MR) is 82.3 cm³/mol. The monoisotopic (exact) mass is 406 g/mol. The van der Waals surface area contributed by atoms with Gasteiger partial charge in [0.25, 0.3) is 0 Å². The van der Waals surface area contributed by atoms with Crippen molar-refractivity contribution in [2.45, 2.75) is 68.7 Å². The van der Waals surface area contributed by atoms with Crippen LogP contribution in [0.2, 0.25) is 8.87 Å². The molecular formula is C15H26O5Sn. The van der Waals surface area contributed by atoms with E-state index in [9.17, 15) is 19.2 Å². The molecule has 0 unspecified atom stereocenters. The number of hydrogen-bond donors (Lipinski definition) is 0. The van der Waals surface area contributed by atoms with E-state index in [1.165, 1.54) is 32.6 Å². The van der Waals surface area contributed by atoms with E-state index in [1.807, 2.05) is 0 Å². The standard InChI is InChI=1S/C7H8O5.2C4H9.Sn/c1-4(8)3-6(10)7(11)12-5(2)9;2*1-3-4-2;/h3H2,1-2H3;2*1,3-4H2,2H3;. The minimum absolute atomic E-state index is 0.149. The molecule has 6 heteroatoms. The third-order valence-electron chi connectivity index (χ3n) is 2.29. The first-order chi connectivity index (χ1) is 9.84. The Morgan fingerprint density at radius 1 is 0.905 bits per heavy atom. The van der Waals surface area contributed by atoms with Crippen molar-refractivity contribution in [3.8, 4) is 0 Å². The maximum absolute atomic E-state index is 10.6. The van der Waals surface area contributed by atoms with Gasteiger partial charge < -0.3 is 4.74 Å². The van der Waals surface area contributed by atoms with Gasteiger partial charge in [-0.2, -0.15) is 0 Å². The molecule has 0 amide bonds. The van der Waals surface area contributed by atoms with Gasteiger partial charge in [-0.15, -0.1) is 0 Å². The summed E-state index contributed by atoms with van der Waals surface area (Å²) in [4.78, 5) is 41.7. The second kappa shape index (κ2) is 15.7. The van der Waals surface area contributed by atoms with Crippen molar-refractivity contribution in [1.82, 2.24) is 0 Å². The summed E-state index contributed by atoms with van der Waals surface area (Å²) < 4.78 is 7.18. The van der Waals surface area contributed by atoms with Crippen LogP contribution in [0.4, 0.5) is 0 Å². The first-order valence-electron chi connectivity index (χ1n) is 7.30. The Hall–Kier alpha value is -0.721. The maximum atomic E-state index is 10.6. The molecule has 0 fully saturated rings. The molecule has 120 valence electrons. The third-order valence-corrected chi connectivity index (χ3v) is 6.32. The average molecular weight is 405 g/mol. The Kier molecular flexibility index (Phi) is 16.8. The van der Waals surface area contributed by atoms with Crippen molar-refractivity contribution in [3.05, 3.63) is 0 Å². The number of ketones is 2. The summed E-state index contributed by atoms with van der Waals surface area (Å²) in [5, 5.41) is 0. The van der Waals surface area contributed by atoms with E-state index >= 15 is 0 Å². The molecule has 21 heavy (non-hydrogen) atoms. The molecule has 0 heterocycles. The number of esters is 2. The van der Waals surface area contributed by atoms with Gasteiger partial charge in [0.2, 0.25) is 5.78 Å². The van der Waals surface area contributed by atoms with E-state index in [0.29, 0.717) is 0 Å². The zero-order chi connectivity index (χ0) is 16.7. The summed E-state index contributed by atoms with van der Waals surface area (Å²) in [6.45, 7) is 6.75. The summed E-state index contributed by atoms with van der Waals surface area (Å²) in [5.41, 5.74) is 0. The van der Waals surface area contributed by atoms with E-state index in [1.54, 1.807) is 8.87 Å². The SMILES string of the molecule is CC(=O)CC(=O)C(=O)OC(C)=O.CCC[CH2][Sn][CH2]CCC. The van der Waals surface area contributed by atoms with Crippen molar-refractivity contribution in [2.24, 2.45) is 0 Å². The van der Waals surface area contributed by atoms with Crippen LogP contribution in [-0.2, 0) is 23.9 Å². The summed E-state index contributed by atoms with van der Waals surface area (Å²) in [6, 6.07) is 0. The molecule has 0 N–H and O–H groups in total. The van der Waals surface area contributed by atoms with Crippen LogP contribution in [0.1, 0.15) is 59.8 Å².